The molecule has 0 saturated carbocycles. The van der Waals surface area contributed by atoms with E-state index in [-0.39, 0.29) is 6.09 Å². The molecule has 1 heterocycles. The normalized spacial score (nSPS) is 11.6. The molecule has 1 unspecified atom stereocenters. The van der Waals surface area contributed by atoms with Crippen molar-refractivity contribution in [1.29, 1.82) is 0 Å². The lowest BCUT2D eigenvalue weighted by Crippen LogP contribution is -2.26. The van der Waals surface area contributed by atoms with Gasteiger partial charge >= 0.3 is 6.09 Å². The van der Waals surface area contributed by atoms with Crippen molar-refractivity contribution in [1.82, 2.24) is 10.3 Å². The number of nitrogens with one attached hydrogen (secondary N) is 1. The van der Waals surface area contributed by atoms with E-state index in [4.69, 9.17) is 9.47 Å². The van der Waals surface area contributed by atoms with E-state index in [1.165, 1.54) is 0 Å². The largest absolute Gasteiger partial charge is 0.477 e. The Hall–Kier alpha value is -1.83. The fourth-order valence-corrected chi connectivity index (χ4v) is 2.73. The minimum absolute atomic E-state index is 0.293. The number of pyridine rings is 1. The van der Waals surface area contributed by atoms with Gasteiger partial charge in [-0.05, 0) is 53.0 Å². The molecular formula is C20H25IN2O3. The van der Waals surface area contributed by atoms with Gasteiger partial charge in [0.1, 0.15) is 6.61 Å². The Labute approximate surface area is 168 Å². The van der Waals surface area contributed by atoms with Crippen LogP contribution in [-0.4, -0.2) is 24.2 Å². The standard InChI is InChI=1S/C20H25IN2O3/c1-2-16(14-25-19-11-10-18(21)13-23-19)9-6-12-22-20(24)26-15-17-7-4-3-5-8-17/h3-5,7-8,10-11,13,16H,2,6,9,12,14-15H2,1H3,(H,22,24). The molecule has 0 bridgehead atoms. The van der Waals surface area contributed by atoms with Crippen LogP contribution < -0.4 is 10.1 Å². The summed E-state index contributed by atoms with van der Waals surface area (Å²) in [6, 6.07) is 13.5. The minimum atomic E-state index is -0.374. The molecule has 0 fully saturated rings. The number of hydrogen-bond donors (Lipinski definition) is 1. The van der Waals surface area contributed by atoms with E-state index < -0.39 is 0 Å². The Kier molecular flexibility index (Phi) is 9.23. The van der Waals surface area contributed by atoms with Crippen molar-refractivity contribution >= 4 is 28.7 Å². The number of carbonyl (C=O) groups excluding carboxylic acids is 1. The fourth-order valence-electron chi connectivity index (χ4n) is 2.41. The molecule has 0 saturated heterocycles. The Morgan fingerprint density at radius 2 is 2.04 bits per heavy atom. The summed E-state index contributed by atoms with van der Waals surface area (Å²) < 4.78 is 12.0. The van der Waals surface area contributed by atoms with Crippen LogP contribution in [0.4, 0.5) is 4.79 Å². The zero-order chi connectivity index (χ0) is 18.6. The number of ether oxygens (including phenoxy) is 2. The molecule has 0 aliphatic carbocycles. The molecule has 2 rings (SSSR count). The van der Waals surface area contributed by atoms with E-state index >= 15 is 0 Å². The number of benzene rings is 1. The Bertz CT molecular complexity index is 650. The third-order valence-electron chi connectivity index (χ3n) is 4.02. The van der Waals surface area contributed by atoms with Gasteiger partial charge in [-0.15, -0.1) is 0 Å². The summed E-state index contributed by atoms with van der Waals surface area (Å²) >= 11 is 2.22. The Morgan fingerprint density at radius 1 is 1.23 bits per heavy atom. The topological polar surface area (TPSA) is 60.5 Å². The van der Waals surface area contributed by atoms with Crippen LogP contribution in [0, 0.1) is 9.49 Å². The number of hydrogen-bond acceptors (Lipinski definition) is 4. The number of aromatic nitrogens is 1. The molecule has 0 aliphatic rings. The van der Waals surface area contributed by atoms with Crippen LogP contribution in [-0.2, 0) is 11.3 Å². The third-order valence-corrected chi connectivity index (χ3v) is 4.65. The monoisotopic (exact) mass is 468 g/mol. The molecule has 1 N–H and O–H groups in total. The van der Waals surface area contributed by atoms with Crippen LogP contribution in [0.2, 0.25) is 0 Å². The lowest BCUT2D eigenvalue weighted by atomic mass is 10.0. The Balaban J connectivity index is 1.58. The van der Waals surface area contributed by atoms with Gasteiger partial charge in [0.25, 0.3) is 0 Å². The van der Waals surface area contributed by atoms with Gasteiger partial charge in [0.05, 0.1) is 6.61 Å². The zero-order valence-corrected chi connectivity index (χ0v) is 17.1. The molecule has 0 spiro atoms. The average Bonchev–Trinajstić information content (AvgIpc) is 2.68. The van der Waals surface area contributed by atoms with Gasteiger partial charge in [-0.25, -0.2) is 9.78 Å². The molecule has 1 amide bonds. The van der Waals surface area contributed by atoms with Gasteiger partial charge in [0.2, 0.25) is 5.88 Å². The van der Waals surface area contributed by atoms with E-state index in [0.29, 0.717) is 31.6 Å². The van der Waals surface area contributed by atoms with E-state index in [1.807, 2.05) is 42.5 Å². The molecular weight excluding hydrogens is 443 g/mol. The van der Waals surface area contributed by atoms with Crippen molar-refractivity contribution in [3.8, 4) is 5.88 Å². The first kappa shape index (κ1) is 20.5. The molecule has 1 atom stereocenters. The summed E-state index contributed by atoms with van der Waals surface area (Å²) in [5.74, 6) is 1.10. The van der Waals surface area contributed by atoms with Crippen LogP contribution >= 0.6 is 22.6 Å². The molecule has 0 aliphatic heterocycles. The maximum Gasteiger partial charge on any atom is 0.407 e. The molecule has 2 aromatic rings. The van der Waals surface area contributed by atoms with E-state index in [0.717, 1.165) is 28.4 Å². The summed E-state index contributed by atoms with van der Waals surface area (Å²) in [6.45, 7) is 3.69. The lowest BCUT2D eigenvalue weighted by Gasteiger charge is -2.15. The summed E-state index contributed by atoms with van der Waals surface area (Å²) in [6.07, 6.45) is 4.33. The molecule has 26 heavy (non-hydrogen) atoms. The van der Waals surface area contributed by atoms with Crippen LogP contribution in [0.1, 0.15) is 31.7 Å². The second-order valence-corrected chi connectivity index (χ2v) is 7.28. The molecule has 0 radical (unpaired) electrons. The van der Waals surface area contributed by atoms with Gasteiger partial charge in [-0.1, -0.05) is 43.7 Å². The van der Waals surface area contributed by atoms with Crippen LogP contribution in [0.15, 0.2) is 48.7 Å². The molecule has 140 valence electrons. The summed E-state index contributed by atoms with van der Waals surface area (Å²) in [5, 5.41) is 2.80. The van der Waals surface area contributed by atoms with Crippen molar-refractivity contribution in [2.75, 3.05) is 13.2 Å². The van der Waals surface area contributed by atoms with Gasteiger partial charge < -0.3 is 14.8 Å². The molecule has 1 aromatic carbocycles. The highest BCUT2D eigenvalue weighted by Gasteiger charge is 2.09. The first-order valence-corrected chi connectivity index (χ1v) is 9.94. The predicted molar refractivity (Wildman–Crippen MR) is 110 cm³/mol. The van der Waals surface area contributed by atoms with Gasteiger partial charge in [0, 0.05) is 22.4 Å². The van der Waals surface area contributed by atoms with Gasteiger partial charge in [0.15, 0.2) is 0 Å². The molecule has 5 nitrogen and oxygen atoms in total. The third kappa shape index (κ3) is 8.03. The van der Waals surface area contributed by atoms with Crippen molar-refractivity contribution < 1.29 is 14.3 Å². The number of carbonyl (C=O) groups is 1. The van der Waals surface area contributed by atoms with Crippen LogP contribution in [0.5, 0.6) is 5.88 Å². The number of alkyl carbamates (subject to hydrolysis) is 1. The van der Waals surface area contributed by atoms with Gasteiger partial charge in [-0.3, -0.25) is 0 Å². The summed E-state index contributed by atoms with van der Waals surface area (Å²) in [7, 11) is 0. The first-order valence-electron chi connectivity index (χ1n) is 8.86. The van der Waals surface area contributed by atoms with Crippen LogP contribution in [0.25, 0.3) is 0 Å². The Morgan fingerprint density at radius 3 is 2.73 bits per heavy atom. The van der Waals surface area contributed by atoms with Crippen molar-refractivity contribution in [3.63, 3.8) is 0 Å². The quantitative estimate of drug-likeness (QED) is 0.402. The minimum Gasteiger partial charge on any atom is -0.477 e. The molecule has 6 heteroatoms. The fraction of sp³-hybridized carbons (Fsp3) is 0.400. The van der Waals surface area contributed by atoms with Gasteiger partial charge in [-0.2, -0.15) is 0 Å². The van der Waals surface area contributed by atoms with E-state index in [9.17, 15) is 4.79 Å². The second kappa shape index (κ2) is 11.7. The number of amides is 1. The summed E-state index contributed by atoms with van der Waals surface area (Å²) in [4.78, 5) is 15.9. The highest BCUT2D eigenvalue weighted by Crippen LogP contribution is 2.15. The zero-order valence-electron chi connectivity index (χ0n) is 15.0. The SMILES string of the molecule is CCC(CCCNC(=O)OCc1ccccc1)COc1ccc(I)cn1. The maximum absolute atomic E-state index is 11.7. The highest BCUT2D eigenvalue weighted by molar-refractivity contribution is 14.1. The number of rotatable bonds is 10. The highest BCUT2D eigenvalue weighted by atomic mass is 127. The number of nitrogens with zero attached hydrogens (tertiary/aromatic N) is 1. The smallest absolute Gasteiger partial charge is 0.407 e. The first-order chi connectivity index (χ1) is 12.7. The maximum atomic E-state index is 11.7. The van der Waals surface area contributed by atoms with E-state index in [2.05, 4.69) is 39.8 Å². The number of halogens is 1. The van der Waals surface area contributed by atoms with Crippen molar-refractivity contribution in [2.45, 2.75) is 32.8 Å². The van der Waals surface area contributed by atoms with E-state index in [1.54, 1.807) is 6.20 Å². The lowest BCUT2D eigenvalue weighted by molar-refractivity contribution is 0.139. The van der Waals surface area contributed by atoms with Crippen molar-refractivity contribution in [3.05, 3.63) is 57.8 Å². The predicted octanol–water partition coefficient (Wildman–Crippen LogP) is 4.80. The van der Waals surface area contributed by atoms with Crippen molar-refractivity contribution in [2.24, 2.45) is 5.92 Å². The second-order valence-electron chi connectivity index (χ2n) is 6.03. The molecule has 1 aromatic heterocycles. The summed E-state index contributed by atoms with van der Waals surface area (Å²) in [5.41, 5.74) is 0.982. The average molecular weight is 468 g/mol. The van der Waals surface area contributed by atoms with Crippen LogP contribution in [0.3, 0.4) is 0 Å².